The van der Waals surface area contributed by atoms with Gasteiger partial charge in [-0.2, -0.15) is 4.31 Å². The smallest absolute Gasteiger partial charge is 0.243 e. The van der Waals surface area contributed by atoms with E-state index in [1.54, 1.807) is 18.3 Å². The Hall–Kier alpha value is -2.97. The van der Waals surface area contributed by atoms with Crippen molar-refractivity contribution >= 4 is 15.9 Å². The van der Waals surface area contributed by atoms with Crippen molar-refractivity contribution in [1.29, 1.82) is 0 Å². The van der Waals surface area contributed by atoms with Crippen molar-refractivity contribution in [2.45, 2.75) is 51.0 Å². The van der Waals surface area contributed by atoms with Gasteiger partial charge in [-0.05, 0) is 61.9 Å². The molecule has 0 spiro atoms. The van der Waals surface area contributed by atoms with Gasteiger partial charge in [-0.3, -0.25) is 4.79 Å². The molecule has 1 aromatic heterocycles. The molecular formula is C26H32N4O3S. The van der Waals surface area contributed by atoms with Gasteiger partial charge in [-0.1, -0.05) is 43.3 Å². The number of aromatic amines is 1. The van der Waals surface area contributed by atoms with Gasteiger partial charge in [0, 0.05) is 19.0 Å². The number of aromatic nitrogens is 2. The zero-order chi connectivity index (χ0) is 24.3. The second-order valence-corrected chi connectivity index (χ2v) is 10.9. The Morgan fingerprint density at radius 3 is 2.47 bits per heavy atom. The van der Waals surface area contributed by atoms with E-state index >= 15 is 0 Å². The first-order valence-electron chi connectivity index (χ1n) is 11.8. The Bertz CT molecular complexity index is 1250. The fourth-order valence-corrected chi connectivity index (χ4v) is 5.87. The van der Waals surface area contributed by atoms with Crippen LogP contribution in [0.3, 0.4) is 0 Å². The van der Waals surface area contributed by atoms with E-state index in [1.165, 1.54) is 4.31 Å². The normalized spacial score (nSPS) is 16.3. The summed E-state index contributed by atoms with van der Waals surface area (Å²) in [6.07, 6.45) is 3.49. The van der Waals surface area contributed by atoms with E-state index in [2.05, 4.69) is 15.3 Å². The number of nitrogens with one attached hydrogen (secondary N) is 2. The van der Waals surface area contributed by atoms with Gasteiger partial charge in [-0.25, -0.2) is 13.4 Å². The lowest BCUT2D eigenvalue weighted by atomic mass is 9.96. The molecule has 0 aliphatic carbocycles. The first-order valence-corrected chi connectivity index (χ1v) is 13.2. The Balaban J connectivity index is 1.37. The van der Waals surface area contributed by atoms with Crippen molar-refractivity contribution in [2.24, 2.45) is 5.92 Å². The summed E-state index contributed by atoms with van der Waals surface area (Å²) >= 11 is 0. The Morgan fingerprint density at radius 2 is 1.82 bits per heavy atom. The maximum Gasteiger partial charge on any atom is 0.243 e. The minimum atomic E-state index is -3.56. The molecule has 34 heavy (non-hydrogen) atoms. The quantitative estimate of drug-likeness (QED) is 0.525. The molecule has 8 heteroatoms. The lowest BCUT2D eigenvalue weighted by Crippen LogP contribution is -2.43. The first-order chi connectivity index (χ1) is 16.3. The van der Waals surface area contributed by atoms with Gasteiger partial charge < -0.3 is 10.3 Å². The van der Waals surface area contributed by atoms with Crippen LogP contribution in [0.25, 0.3) is 11.3 Å². The zero-order valence-corrected chi connectivity index (χ0v) is 20.7. The summed E-state index contributed by atoms with van der Waals surface area (Å²) in [7, 11) is -3.56. The number of amides is 1. The Morgan fingerprint density at radius 1 is 1.12 bits per heavy atom. The zero-order valence-electron chi connectivity index (χ0n) is 19.9. The number of nitrogens with zero attached hydrogens (tertiary/aromatic N) is 2. The molecule has 0 radical (unpaired) electrons. The Kier molecular flexibility index (Phi) is 7.19. The van der Waals surface area contributed by atoms with Gasteiger partial charge in [0.05, 0.1) is 22.8 Å². The van der Waals surface area contributed by atoms with Crippen molar-refractivity contribution in [3.63, 3.8) is 0 Å². The molecule has 1 atom stereocenters. The highest BCUT2D eigenvalue weighted by Gasteiger charge is 2.33. The van der Waals surface area contributed by atoms with E-state index in [-0.39, 0.29) is 17.9 Å². The molecule has 1 aliphatic rings. The first kappa shape index (κ1) is 24.2. The third kappa shape index (κ3) is 5.08. The van der Waals surface area contributed by atoms with Crippen LogP contribution in [-0.4, -0.2) is 41.7 Å². The van der Waals surface area contributed by atoms with E-state index in [0.29, 0.717) is 37.2 Å². The topological polar surface area (TPSA) is 95.2 Å². The number of hydrogen-bond acceptors (Lipinski definition) is 4. The van der Waals surface area contributed by atoms with E-state index in [9.17, 15) is 13.2 Å². The third-order valence-corrected chi connectivity index (χ3v) is 8.57. The molecule has 180 valence electrons. The largest absolute Gasteiger partial charge is 0.346 e. The van der Waals surface area contributed by atoms with Gasteiger partial charge in [-0.15, -0.1) is 0 Å². The predicted octanol–water partition coefficient (Wildman–Crippen LogP) is 4.36. The van der Waals surface area contributed by atoms with E-state index in [1.807, 2.05) is 57.2 Å². The lowest BCUT2D eigenvalue weighted by Gasteiger charge is -2.31. The summed E-state index contributed by atoms with van der Waals surface area (Å²) < 4.78 is 27.6. The average Bonchev–Trinajstić information content (AvgIpc) is 3.35. The summed E-state index contributed by atoms with van der Waals surface area (Å²) in [6.45, 7) is 6.56. The lowest BCUT2D eigenvalue weighted by molar-refractivity contribution is -0.127. The van der Waals surface area contributed by atoms with Crippen LogP contribution in [0.1, 0.15) is 49.2 Å². The highest BCUT2D eigenvalue weighted by Crippen LogP contribution is 2.26. The fraction of sp³-hybridized carbons (Fsp3) is 0.385. The molecule has 2 heterocycles. The van der Waals surface area contributed by atoms with Crippen LogP contribution >= 0.6 is 0 Å². The second-order valence-electron chi connectivity index (χ2n) is 8.94. The molecule has 2 N–H and O–H groups in total. The van der Waals surface area contributed by atoms with Crippen molar-refractivity contribution in [1.82, 2.24) is 19.6 Å². The average molecular weight is 481 g/mol. The third-order valence-electron chi connectivity index (χ3n) is 6.68. The van der Waals surface area contributed by atoms with Crippen LogP contribution < -0.4 is 5.32 Å². The van der Waals surface area contributed by atoms with Crippen molar-refractivity contribution in [3.8, 4) is 11.3 Å². The van der Waals surface area contributed by atoms with Crippen molar-refractivity contribution in [3.05, 3.63) is 71.7 Å². The number of rotatable bonds is 7. The number of hydrogen-bond donors (Lipinski definition) is 2. The highest BCUT2D eigenvalue weighted by molar-refractivity contribution is 7.89. The number of benzene rings is 2. The number of carbonyl (C=O) groups excluding carboxylic acids is 1. The summed E-state index contributed by atoms with van der Waals surface area (Å²) in [5.41, 5.74) is 3.97. The second kappa shape index (κ2) is 10.1. The maximum atomic E-state index is 13.1. The standard InChI is InChI=1S/C26H32N4O3S/c1-4-23(25-27-17-24(28-25)20-8-6-5-7-9-20)29-26(31)21-12-14-30(15-13-21)34(32,33)22-11-10-18(2)19(3)16-22/h5-11,16-17,21,23H,4,12-15H2,1-3H3,(H,27,28)(H,29,31). The minimum absolute atomic E-state index is 0.0484. The summed E-state index contributed by atoms with van der Waals surface area (Å²) in [4.78, 5) is 21.1. The summed E-state index contributed by atoms with van der Waals surface area (Å²) in [6, 6.07) is 14.9. The molecule has 7 nitrogen and oxygen atoms in total. The van der Waals surface area contributed by atoms with Crippen molar-refractivity contribution in [2.75, 3.05) is 13.1 Å². The molecule has 1 aliphatic heterocycles. The van der Waals surface area contributed by atoms with Gasteiger partial charge in [0.2, 0.25) is 15.9 Å². The molecule has 3 aromatic rings. The molecule has 4 rings (SSSR count). The van der Waals surface area contributed by atoms with Crippen LogP contribution in [0.4, 0.5) is 0 Å². The van der Waals surface area contributed by atoms with Gasteiger partial charge >= 0.3 is 0 Å². The monoisotopic (exact) mass is 480 g/mol. The van der Waals surface area contributed by atoms with E-state index in [4.69, 9.17) is 0 Å². The molecule has 1 fully saturated rings. The molecule has 2 aromatic carbocycles. The van der Waals surface area contributed by atoms with Gasteiger partial charge in [0.1, 0.15) is 5.82 Å². The van der Waals surface area contributed by atoms with Crippen LogP contribution in [0.15, 0.2) is 59.6 Å². The number of carbonyl (C=O) groups is 1. The maximum absolute atomic E-state index is 13.1. The molecule has 0 bridgehead atoms. The molecule has 1 unspecified atom stereocenters. The number of piperidine rings is 1. The number of H-pyrrole nitrogens is 1. The van der Waals surface area contributed by atoms with Crippen LogP contribution in [0.2, 0.25) is 0 Å². The number of aryl methyl sites for hydroxylation is 2. The van der Waals surface area contributed by atoms with E-state index < -0.39 is 10.0 Å². The fourth-order valence-electron chi connectivity index (χ4n) is 4.31. The molecule has 0 saturated carbocycles. The van der Waals surface area contributed by atoms with Gasteiger partial charge in [0.15, 0.2) is 0 Å². The van der Waals surface area contributed by atoms with Crippen LogP contribution in [0, 0.1) is 19.8 Å². The predicted molar refractivity (Wildman–Crippen MR) is 133 cm³/mol. The number of sulfonamides is 1. The molecule has 1 saturated heterocycles. The summed E-state index contributed by atoms with van der Waals surface area (Å²) in [5, 5.41) is 3.12. The highest BCUT2D eigenvalue weighted by atomic mass is 32.2. The number of imidazole rings is 1. The van der Waals surface area contributed by atoms with Crippen LogP contribution in [0.5, 0.6) is 0 Å². The SMILES string of the molecule is CCC(NC(=O)C1CCN(S(=O)(=O)c2ccc(C)c(C)c2)CC1)c1ncc(-c2ccccc2)[nH]1. The summed E-state index contributed by atoms with van der Waals surface area (Å²) in [5.74, 6) is 0.459. The van der Waals surface area contributed by atoms with Gasteiger partial charge in [0.25, 0.3) is 0 Å². The molecular weight excluding hydrogens is 448 g/mol. The van der Waals surface area contributed by atoms with E-state index in [0.717, 1.165) is 28.2 Å². The van der Waals surface area contributed by atoms with Crippen LogP contribution in [-0.2, 0) is 14.8 Å². The minimum Gasteiger partial charge on any atom is -0.346 e. The molecule has 1 amide bonds. The Labute approximate surface area is 201 Å². The van der Waals surface area contributed by atoms with Crippen molar-refractivity contribution < 1.29 is 13.2 Å².